The van der Waals surface area contributed by atoms with Crippen molar-refractivity contribution >= 4 is 0 Å². The lowest BCUT2D eigenvalue weighted by molar-refractivity contribution is 0.0759. The number of hydrogen-bond donors (Lipinski definition) is 1. The molecule has 1 N–H and O–H groups in total. The number of aromatic nitrogens is 2. The summed E-state index contributed by atoms with van der Waals surface area (Å²) < 4.78 is 5.38. The van der Waals surface area contributed by atoms with Gasteiger partial charge in [0, 0.05) is 25.9 Å². The van der Waals surface area contributed by atoms with Gasteiger partial charge in [0.05, 0.1) is 11.8 Å². The van der Waals surface area contributed by atoms with Crippen LogP contribution < -0.4 is 5.32 Å². The minimum atomic E-state index is 0.252. The molecule has 0 saturated carbocycles. The van der Waals surface area contributed by atoms with Crippen LogP contribution in [-0.2, 0) is 11.3 Å². The van der Waals surface area contributed by atoms with E-state index < -0.39 is 0 Å². The van der Waals surface area contributed by atoms with Crippen LogP contribution in [0.4, 0.5) is 0 Å². The molecule has 4 heteroatoms. The van der Waals surface area contributed by atoms with Crippen molar-refractivity contribution in [3.05, 3.63) is 24.3 Å². The lowest BCUT2D eigenvalue weighted by atomic mass is 10.3. The van der Waals surface area contributed by atoms with Crippen LogP contribution in [0.25, 0.3) is 0 Å². The van der Waals surface area contributed by atoms with E-state index in [4.69, 9.17) is 4.74 Å². The summed E-state index contributed by atoms with van der Waals surface area (Å²) >= 11 is 0. The zero-order valence-corrected chi connectivity index (χ0v) is 8.73. The first-order chi connectivity index (χ1) is 6.83. The average Bonchev–Trinajstić information content (AvgIpc) is 2.20. The summed E-state index contributed by atoms with van der Waals surface area (Å²) in [6.07, 6.45) is 3.56. The normalized spacial score (nSPS) is 12.7. The molecule has 0 aromatic carbocycles. The molecule has 1 rings (SSSR count). The third kappa shape index (κ3) is 4.30. The van der Waals surface area contributed by atoms with Crippen molar-refractivity contribution in [1.29, 1.82) is 0 Å². The second-order valence-electron chi connectivity index (χ2n) is 3.10. The maximum absolute atomic E-state index is 5.38. The van der Waals surface area contributed by atoms with E-state index in [0.29, 0.717) is 0 Å². The number of nitrogens with zero attached hydrogens (tertiary/aromatic N) is 2. The average molecular weight is 195 g/mol. The van der Waals surface area contributed by atoms with Crippen LogP contribution in [0.2, 0.25) is 0 Å². The fraction of sp³-hybridized carbons (Fsp3) is 0.600. The van der Waals surface area contributed by atoms with Gasteiger partial charge in [-0.05, 0) is 19.9 Å². The van der Waals surface area contributed by atoms with Gasteiger partial charge >= 0.3 is 0 Å². The minimum absolute atomic E-state index is 0.252. The number of rotatable bonds is 6. The molecule has 0 aliphatic carbocycles. The molecule has 4 nitrogen and oxygen atoms in total. The Balaban J connectivity index is 2.16. The van der Waals surface area contributed by atoms with Crippen LogP contribution in [0, 0.1) is 0 Å². The molecule has 1 heterocycles. The molecule has 0 fully saturated rings. The standard InChI is InChI=1S/C10H17N3O/c1-3-14-9(2)6-12-7-10-4-5-11-8-13-10/h4-5,8-9,12H,3,6-7H2,1-2H3. The molecule has 1 aromatic rings. The van der Waals surface area contributed by atoms with Crippen LogP contribution in [0.1, 0.15) is 19.5 Å². The Kier molecular flexibility index (Phi) is 5.11. The van der Waals surface area contributed by atoms with Gasteiger partial charge in [-0.3, -0.25) is 0 Å². The van der Waals surface area contributed by atoms with Gasteiger partial charge < -0.3 is 10.1 Å². The predicted molar refractivity (Wildman–Crippen MR) is 54.8 cm³/mol. The van der Waals surface area contributed by atoms with Crippen LogP contribution in [0.5, 0.6) is 0 Å². The van der Waals surface area contributed by atoms with Gasteiger partial charge in [-0.15, -0.1) is 0 Å². The zero-order chi connectivity index (χ0) is 10.2. The maximum Gasteiger partial charge on any atom is 0.115 e. The first kappa shape index (κ1) is 11.1. The summed E-state index contributed by atoms with van der Waals surface area (Å²) in [6.45, 7) is 6.42. The number of nitrogens with one attached hydrogen (secondary N) is 1. The summed E-state index contributed by atoms with van der Waals surface area (Å²) in [5.74, 6) is 0. The van der Waals surface area contributed by atoms with Crippen LogP contribution in [0.15, 0.2) is 18.6 Å². The molecule has 0 saturated heterocycles. The first-order valence-electron chi connectivity index (χ1n) is 4.90. The summed E-state index contributed by atoms with van der Waals surface area (Å²) in [7, 11) is 0. The second-order valence-corrected chi connectivity index (χ2v) is 3.10. The van der Waals surface area contributed by atoms with E-state index in [0.717, 1.165) is 25.4 Å². The van der Waals surface area contributed by atoms with Gasteiger partial charge in [-0.1, -0.05) is 0 Å². The molecule has 1 unspecified atom stereocenters. The second kappa shape index (κ2) is 6.45. The molecule has 0 radical (unpaired) electrons. The smallest absolute Gasteiger partial charge is 0.115 e. The van der Waals surface area contributed by atoms with E-state index in [1.165, 1.54) is 0 Å². The Bertz CT molecular complexity index is 240. The van der Waals surface area contributed by atoms with E-state index in [1.807, 2.05) is 13.0 Å². The monoisotopic (exact) mass is 195 g/mol. The van der Waals surface area contributed by atoms with Gasteiger partial charge in [0.2, 0.25) is 0 Å². The summed E-state index contributed by atoms with van der Waals surface area (Å²) in [5, 5.41) is 3.27. The summed E-state index contributed by atoms with van der Waals surface area (Å²) in [6, 6.07) is 1.90. The van der Waals surface area contributed by atoms with Gasteiger partial charge in [0.25, 0.3) is 0 Å². The van der Waals surface area contributed by atoms with E-state index in [-0.39, 0.29) is 6.10 Å². The van der Waals surface area contributed by atoms with Gasteiger partial charge in [-0.25, -0.2) is 9.97 Å². The molecule has 0 bridgehead atoms. The lowest BCUT2D eigenvalue weighted by Gasteiger charge is -2.11. The fourth-order valence-electron chi connectivity index (χ4n) is 1.17. The van der Waals surface area contributed by atoms with E-state index in [2.05, 4.69) is 22.2 Å². The zero-order valence-electron chi connectivity index (χ0n) is 8.73. The Morgan fingerprint density at radius 2 is 2.43 bits per heavy atom. The topological polar surface area (TPSA) is 47.0 Å². The molecule has 1 aromatic heterocycles. The molecule has 1 atom stereocenters. The summed E-state index contributed by atoms with van der Waals surface area (Å²) in [5.41, 5.74) is 1.00. The lowest BCUT2D eigenvalue weighted by Crippen LogP contribution is -2.26. The van der Waals surface area contributed by atoms with Gasteiger partial charge in [-0.2, -0.15) is 0 Å². The maximum atomic E-state index is 5.38. The van der Waals surface area contributed by atoms with Gasteiger partial charge in [0.1, 0.15) is 6.33 Å². The molecule has 0 aliphatic heterocycles. The Morgan fingerprint density at radius 3 is 3.07 bits per heavy atom. The Labute approximate surface area is 84.7 Å². The molecular weight excluding hydrogens is 178 g/mol. The molecule has 14 heavy (non-hydrogen) atoms. The van der Waals surface area contributed by atoms with Crippen molar-refractivity contribution in [3.63, 3.8) is 0 Å². The molecule has 0 spiro atoms. The van der Waals surface area contributed by atoms with Crippen LogP contribution >= 0.6 is 0 Å². The summed E-state index contributed by atoms with van der Waals surface area (Å²) in [4.78, 5) is 7.96. The first-order valence-corrected chi connectivity index (χ1v) is 4.90. The third-order valence-electron chi connectivity index (χ3n) is 1.83. The number of ether oxygens (including phenoxy) is 1. The largest absolute Gasteiger partial charge is 0.377 e. The van der Waals surface area contributed by atoms with E-state index in [9.17, 15) is 0 Å². The fourth-order valence-corrected chi connectivity index (χ4v) is 1.17. The van der Waals surface area contributed by atoms with Crippen molar-refractivity contribution in [2.45, 2.75) is 26.5 Å². The quantitative estimate of drug-likeness (QED) is 0.735. The molecule has 0 aliphatic rings. The SMILES string of the molecule is CCOC(C)CNCc1ccncn1. The third-order valence-corrected chi connectivity index (χ3v) is 1.83. The van der Waals surface area contributed by atoms with Crippen LogP contribution in [-0.4, -0.2) is 29.2 Å². The van der Waals surface area contributed by atoms with Crippen molar-refractivity contribution < 1.29 is 4.74 Å². The molecule has 78 valence electrons. The highest BCUT2D eigenvalue weighted by Gasteiger charge is 1.99. The number of hydrogen-bond acceptors (Lipinski definition) is 4. The van der Waals surface area contributed by atoms with E-state index >= 15 is 0 Å². The van der Waals surface area contributed by atoms with Gasteiger partial charge in [0.15, 0.2) is 0 Å². The highest BCUT2D eigenvalue weighted by atomic mass is 16.5. The van der Waals surface area contributed by atoms with Crippen LogP contribution in [0.3, 0.4) is 0 Å². The minimum Gasteiger partial charge on any atom is -0.377 e. The Hall–Kier alpha value is -1.00. The van der Waals surface area contributed by atoms with Crippen molar-refractivity contribution in [3.8, 4) is 0 Å². The highest BCUT2D eigenvalue weighted by Crippen LogP contribution is 1.91. The van der Waals surface area contributed by atoms with Crippen molar-refractivity contribution in [2.24, 2.45) is 0 Å². The van der Waals surface area contributed by atoms with Crippen molar-refractivity contribution in [1.82, 2.24) is 15.3 Å². The van der Waals surface area contributed by atoms with Crippen molar-refractivity contribution in [2.75, 3.05) is 13.2 Å². The highest BCUT2D eigenvalue weighted by molar-refractivity contribution is 4.96. The molecular formula is C10H17N3O. The molecule has 0 amide bonds. The predicted octanol–water partition coefficient (Wildman–Crippen LogP) is 0.991. The van der Waals surface area contributed by atoms with E-state index in [1.54, 1.807) is 12.5 Å². The Morgan fingerprint density at radius 1 is 1.57 bits per heavy atom.